The zero-order valence-electron chi connectivity index (χ0n) is 10.7. The van der Waals surface area contributed by atoms with E-state index in [0.717, 1.165) is 6.07 Å². The van der Waals surface area contributed by atoms with E-state index in [1.807, 2.05) is 0 Å². The number of nitrogens with two attached hydrogens (primary N) is 1. The van der Waals surface area contributed by atoms with Crippen molar-refractivity contribution in [3.63, 3.8) is 0 Å². The van der Waals surface area contributed by atoms with Crippen molar-refractivity contribution in [2.45, 2.75) is 6.54 Å². The van der Waals surface area contributed by atoms with E-state index in [1.54, 1.807) is 0 Å². The van der Waals surface area contributed by atoms with Crippen LogP contribution < -0.4 is 5.73 Å². The van der Waals surface area contributed by atoms with Crippen LogP contribution in [0, 0.1) is 17.0 Å². The van der Waals surface area contributed by atoms with Crippen molar-refractivity contribution in [2.75, 3.05) is 0 Å². The van der Waals surface area contributed by atoms with Gasteiger partial charge in [-0.3, -0.25) is 10.4 Å². The van der Waals surface area contributed by atoms with Crippen LogP contribution in [0.3, 0.4) is 0 Å². The van der Waals surface area contributed by atoms with Gasteiger partial charge in [-0.05, 0) is 18.2 Å². The number of fused-ring (bicyclic) bond motifs is 1. The number of nitrogens with one attached hydrogen (secondary N) is 1. The minimum absolute atomic E-state index is 0.0214. The van der Waals surface area contributed by atoms with E-state index in [-0.39, 0.29) is 34.8 Å². The predicted molar refractivity (Wildman–Crippen MR) is 71.8 cm³/mol. The van der Waals surface area contributed by atoms with Crippen LogP contribution in [0.2, 0.25) is 0 Å². The van der Waals surface area contributed by atoms with Crippen molar-refractivity contribution < 1.29 is 8.78 Å². The summed E-state index contributed by atoms with van der Waals surface area (Å²) in [6, 6.07) is 3.90. The number of hydrogen-bond acceptors (Lipinski definition) is 4. The molecule has 6 nitrogen and oxygen atoms in total. The van der Waals surface area contributed by atoms with Gasteiger partial charge in [0.15, 0.2) is 5.65 Å². The Morgan fingerprint density at radius 1 is 1.19 bits per heavy atom. The van der Waals surface area contributed by atoms with Crippen LogP contribution in [0.4, 0.5) is 8.78 Å². The monoisotopic (exact) mass is 288 g/mol. The van der Waals surface area contributed by atoms with Crippen molar-refractivity contribution in [1.82, 2.24) is 19.7 Å². The van der Waals surface area contributed by atoms with E-state index >= 15 is 0 Å². The highest BCUT2D eigenvalue weighted by Gasteiger charge is 2.18. The van der Waals surface area contributed by atoms with Gasteiger partial charge in [-0.1, -0.05) is 0 Å². The van der Waals surface area contributed by atoms with E-state index in [1.165, 1.54) is 29.2 Å². The van der Waals surface area contributed by atoms with Crippen LogP contribution in [-0.4, -0.2) is 25.6 Å². The minimum atomic E-state index is -0.585. The summed E-state index contributed by atoms with van der Waals surface area (Å²) in [5, 5.41) is 11.6. The molecular weight excluding hydrogens is 278 g/mol. The third kappa shape index (κ3) is 2.20. The maximum atomic E-state index is 13.9. The van der Waals surface area contributed by atoms with Gasteiger partial charge in [0.2, 0.25) is 0 Å². The number of aromatic nitrogens is 4. The highest BCUT2D eigenvalue weighted by Crippen LogP contribution is 2.20. The Kier molecular flexibility index (Phi) is 3.05. The molecular formula is C13H10F2N6. The van der Waals surface area contributed by atoms with E-state index in [0.29, 0.717) is 0 Å². The molecule has 0 amide bonds. The summed E-state index contributed by atoms with van der Waals surface area (Å²) < 4.78 is 28.8. The van der Waals surface area contributed by atoms with E-state index in [4.69, 9.17) is 11.1 Å². The Balaban J connectivity index is 2.18. The van der Waals surface area contributed by atoms with Crippen LogP contribution in [0.15, 0.2) is 30.6 Å². The lowest BCUT2D eigenvalue weighted by molar-refractivity contribution is 0.574. The number of nitrogen functional groups attached to an aromatic ring is 1. The lowest BCUT2D eigenvalue weighted by Gasteiger charge is -2.03. The molecule has 0 aliphatic rings. The lowest BCUT2D eigenvalue weighted by atomic mass is 10.2. The van der Waals surface area contributed by atoms with E-state index in [2.05, 4.69) is 15.1 Å². The molecule has 0 unspecified atom stereocenters. The van der Waals surface area contributed by atoms with Gasteiger partial charge in [0.1, 0.15) is 23.2 Å². The average Bonchev–Trinajstić information content (AvgIpc) is 2.82. The Bertz CT molecular complexity index is 842. The van der Waals surface area contributed by atoms with Gasteiger partial charge in [0.05, 0.1) is 17.6 Å². The molecule has 0 spiro atoms. The van der Waals surface area contributed by atoms with Crippen LogP contribution in [0.5, 0.6) is 0 Å². The molecule has 0 saturated heterocycles. The maximum Gasteiger partial charge on any atom is 0.161 e. The molecule has 3 N–H and O–H groups in total. The molecule has 0 atom stereocenters. The topological polar surface area (TPSA) is 93.5 Å². The maximum absolute atomic E-state index is 13.9. The Morgan fingerprint density at radius 3 is 2.71 bits per heavy atom. The summed E-state index contributed by atoms with van der Waals surface area (Å²) >= 11 is 0. The zero-order valence-corrected chi connectivity index (χ0v) is 10.7. The molecule has 3 rings (SSSR count). The summed E-state index contributed by atoms with van der Waals surface area (Å²) in [4.78, 5) is 7.94. The highest BCUT2D eigenvalue weighted by molar-refractivity contribution is 6.04. The SMILES string of the molecule is N=C(N)c1nn(Cc2ncccc2F)c2nccc(F)c12. The third-order valence-electron chi connectivity index (χ3n) is 2.97. The third-order valence-corrected chi connectivity index (χ3v) is 2.97. The molecule has 106 valence electrons. The normalized spacial score (nSPS) is 11.0. The standard InChI is InChI=1S/C13H10F2N6/c14-7-2-1-4-18-9(7)6-21-13-10(8(15)3-5-19-13)11(20-21)12(16)17/h1-5H,6H2,(H3,16,17). The Morgan fingerprint density at radius 2 is 2.00 bits per heavy atom. The van der Waals surface area contributed by atoms with Gasteiger partial charge in [0.25, 0.3) is 0 Å². The summed E-state index contributed by atoms with van der Waals surface area (Å²) in [6.07, 6.45) is 2.72. The van der Waals surface area contributed by atoms with E-state index < -0.39 is 11.6 Å². The number of rotatable bonds is 3. The fourth-order valence-corrected chi connectivity index (χ4v) is 2.04. The first-order valence-corrected chi connectivity index (χ1v) is 6.02. The van der Waals surface area contributed by atoms with Crippen LogP contribution in [0.25, 0.3) is 11.0 Å². The lowest BCUT2D eigenvalue weighted by Crippen LogP contribution is -2.14. The molecule has 3 heterocycles. The van der Waals surface area contributed by atoms with Crippen molar-refractivity contribution in [1.29, 1.82) is 5.41 Å². The van der Waals surface area contributed by atoms with Crippen molar-refractivity contribution in [3.05, 3.63) is 53.6 Å². The minimum Gasteiger partial charge on any atom is -0.382 e. The van der Waals surface area contributed by atoms with E-state index in [9.17, 15) is 8.78 Å². The van der Waals surface area contributed by atoms with Crippen LogP contribution >= 0.6 is 0 Å². The predicted octanol–water partition coefficient (Wildman–Crippen LogP) is 1.44. The van der Waals surface area contributed by atoms with Gasteiger partial charge >= 0.3 is 0 Å². The molecule has 0 bridgehead atoms. The Hall–Kier alpha value is -2.90. The molecule has 0 aromatic carbocycles. The van der Waals surface area contributed by atoms with Gasteiger partial charge in [-0.25, -0.2) is 18.4 Å². The van der Waals surface area contributed by atoms with Crippen molar-refractivity contribution in [3.8, 4) is 0 Å². The molecule has 3 aromatic rings. The molecule has 21 heavy (non-hydrogen) atoms. The first-order chi connectivity index (χ1) is 10.1. The molecule has 0 aliphatic heterocycles. The van der Waals surface area contributed by atoms with Crippen molar-refractivity contribution in [2.24, 2.45) is 5.73 Å². The first-order valence-electron chi connectivity index (χ1n) is 6.02. The number of nitrogens with zero attached hydrogens (tertiary/aromatic N) is 4. The van der Waals surface area contributed by atoms with Gasteiger partial charge in [0, 0.05) is 12.4 Å². The second-order valence-electron chi connectivity index (χ2n) is 4.34. The van der Waals surface area contributed by atoms with Crippen molar-refractivity contribution >= 4 is 16.9 Å². The fourth-order valence-electron chi connectivity index (χ4n) is 2.04. The summed E-state index contributed by atoms with van der Waals surface area (Å²) in [7, 11) is 0. The molecule has 3 aromatic heterocycles. The second-order valence-corrected chi connectivity index (χ2v) is 4.34. The number of hydrogen-bond donors (Lipinski definition) is 2. The summed E-state index contributed by atoms with van der Waals surface area (Å²) in [6.45, 7) is -0.0348. The van der Waals surface area contributed by atoms with Gasteiger partial charge in [-0.15, -0.1) is 0 Å². The number of amidine groups is 1. The summed E-state index contributed by atoms with van der Waals surface area (Å²) in [5.41, 5.74) is 5.71. The fraction of sp³-hybridized carbons (Fsp3) is 0.0769. The molecule has 0 saturated carbocycles. The van der Waals surface area contributed by atoms with Gasteiger partial charge < -0.3 is 5.73 Å². The zero-order chi connectivity index (χ0) is 15.0. The highest BCUT2D eigenvalue weighted by atomic mass is 19.1. The molecule has 0 radical (unpaired) electrons. The van der Waals surface area contributed by atoms with Crippen LogP contribution in [0.1, 0.15) is 11.4 Å². The van der Waals surface area contributed by atoms with Gasteiger partial charge in [-0.2, -0.15) is 5.10 Å². The quantitative estimate of drug-likeness (QED) is 0.563. The number of pyridine rings is 2. The van der Waals surface area contributed by atoms with Crippen LogP contribution in [-0.2, 0) is 6.54 Å². The number of halogens is 2. The second kappa shape index (κ2) is 4.89. The average molecular weight is 288 g/mol. The molecule has 8 heteroatoms. The smallest absolute Gasteiger partial charge is 0.161 e. The Labute approximate surface area is 117 Å². The molecule has 0 fully saturated rings. The molecule has 0 aliphatic carbocycles. The largest absolute Gasteiger partial charge is 0.382 e. The summed E-state index contributed by atoms with van der Waals surface area (Å²) in [5.74, 6) is -1.47. The first kappa shape index (κ1) is 13.1.